The first-order valence-electron chi connectivity index (χ1n) is 8.01. The number of aryl methyl sites for hydroxylation is 1. The average Bonchev–Trinajstić information content (AvgIpc) is 3.10. The van der Waals surface area contributed by atoms with Crippen LogP contribution < -0.4 is 5.32 Å². The summed E-state index contributed by atoms with van der Waals surface area (Å²) < 4.78 is 5.67. The van der Waals surface area contributed by atoms with Crippen LogP contribution in [0.1, 0.15) is 21.7 Å². The number of benzene rings is 2. The van der Waals surface area contributed by atoms with Crippen molar-refractivity contribution in [1.82, 2.24) is 5.32 Å². The molecular weight excluding hydrogens is 330 g/mol. The molecule has 1 heterocycles. The van der Waals surface area contributed by atoms with Crippen LogP contribution in [0.3, 0.4) is 0 Å². The van der Waals surface area contributed by atoms with E-state index in [0.29, 0.717) is 17.1 Å². The van der Waals surface area contributed by atoms with Gasteiger partial charge in [-0.1, -0.05) is 48.0 Å². The zero-order valence-electron chi connectivity index (χ0n) is 14.1. The summed E-state index contributed by atoms with van der Waals surface area (Å²) >= 11 is 0. The highest BCUT2D eigenvalue weighted by atomic mass is 16.4. The second kappa shape index (κ2) is 7.53. The monoisotopic (exact) mass is 347 g/mol. The van der Waals surface area contributed by atoms with Gasteiger partial charge in [0.25, 0.3) is 5.91 Å². The minimum absolute atomic E-state index is 0.259. The van der Waals surface area contributed by atoms with Gasteiger partial charge >= 0.3 is 5.97 Å². The van der Waals surface area contributed by atoms with E-state index in [1.807, 2.05) is 43.3 Å². The molecule has 0 aliphatic heterocycles. The quantitative estimate of drug-likeness (QED) is 0.681. The Hall–Kier alpha value is -3.60. The number of nitrogens with one attached hydrogen (secondary N) is 1. The van der Waals surface area contributed by atoms with Gasteiger partial charge in [-0.05, 0) is 31.2 Å². The van der Waals surface area contributed by atoms with Gasteiger partial charge in [0.1, 0.15) is 17.2 Å². The summed E-state index contributed by atoms with van der Waals surface area (Å²) in [6.45, 7) is 1.86. The Labute approximate surface area is 150 Å². The number of carboxylic acids is 1. The molecule has 0 radical (unpaired) electrons. The highest BCUT2D eigenvalue weighted by Crippen LogP contribution is 2.23. The maximum absolute atomic E-state index is 12.3. The van der Waals surface area contributed by atoms with Crippen molar-refractivity contribution in [3.8, 4) is 11.3 Å². The SMILES string of the molecule is Cc1cccc(C(=O)NC(=Cc2ccc(-c3ccccc3)o2)C(=O)O)c1. The highest BCUT2D eigenvalue weighted by Gasteiger charge is 2.14. The van der Waals surface area contributed by atoms with Crippen molar-refractivity contribution >= 4 is 18.0 Å². The number of amides is 1. The number of aliphatic carboxylic acids is 1. The summed E-state index contributed by atoms with van der Waals surface area (Å²) in [4.78, 5) is 23.8. The van der Waals surface area contributed by atoms with Crippen LogP contribution in [0.15, 0.2) is 76.8 Å². The molecular formula is C21H17NO4. The van der Waals surface area contributed by atoms with Crippen LogP contribution in [0.2, 0.25) is 0 Å². The second-order valence-corrected chi connectivity index (χ2v) is 5.75. The molecule has 3 rings (SSSR count). The van der Waals surface area contributed by atoms with E-state index in [0.717, 1.165) is 11.1 Å². The van der Waals surface area contributed by atoms with Crippen LogP contribution in [-0.4, -0.2) is 17.0 Å². The highest BCUT2D eigenvalue weighted by molar-refractivity contribution is 6.02. The normalized spacial score (nSPS) is 11.2. The molecule has 2 aromatic carbocycles. The fourth-order valence-electron chi connectivity index (χ4n) is 2.46. The minimum Gasteiger partial charge on any atom is -0.477 e. The first-order chi connectivity index (χ1) is 12.5. The van der Waals surface area contributed by atoms with Gasteiger partial charge in [-0.15, -0.1) is 0 Å². The molecule has 2 N–H and O–H groups in total. The number of rotatable bonds is 5. The van der Waals surface area contributed by atoms with Crippen molar-refractivity contribution in [3.63, 3.8) is 0 Å². The molecule has 0 atom stereocenters. The van der Waals surface area contributed by atoms with Gasteiger partial charge in [-0.3, -0.25) is 4.79 Å². The summed E-state index contributed by atoms with van der Waals surface area (Å²) in [6, 6.07) is 19.8. The third-order valence-corrected chi connectivity index (χ3v) is 3.73. The minimum atomic E-state index is -1.25. The van der Waals surface area contributed by atoms with E-state index in [-0.39, 0.29) is 5.70 Å². The van der Waals surface area contributed by atoms with E-state index in [1.165, 1.54) is 6.08 Å². The van der Waals surface area contributed by atoms with E-state index < -0.39 is 11.9 Å². The van der Waals surface area contributed by atoms with Gasteiger partial charge in [0, 0.05) is 17.2 Å². The van der Waals surface area contributed by atoms with Crippen molar-refractivity contribution in [2.45, 2.75) is 6.92 Å². The number of hydrogen-bond acceptors (Lipinski definition) is 3. The van der Waals surface area contributed by atoms with E-state index >= 15 is 0 Å². The van der Waals surface area contributed by atoms with Crippen LogP contribution >= 0.6 is 0 Å². The molecule has 3 aromatic rings. The van der Waals surface area contributed by atoms with Crippen molar-refractivity contribution in [2.75, 3.05) is 0 Å². The molecule has 0 aliphatic carbocycles. The van der Waals surface area contributed by atoms with E-state index in [9.17, 15) is 14.7 Å². The largest absolute Gasteiger partial charge is 0.477 e. The number of hydrogen-bond donors (Lipinski definition) is 2. The maximum atomic E-state index is 12.3. The van der Waals surface area contributed by atoms with Crippen molar-refractivity contribution < 1.29 is 19.1 Å². The van der Waals surface area contributed by atoms with Crippen molar-refractivity contribution in [1.29, 1.82) is 0 Å². The van der Waals surface area contributed by atoms with Crippen LogP contribution in [-0.2, 0) is 4.79 Å². The number of carbonyl (C=O) groups excluding carboxylic acids is 1. The van der Waals surface area contributed by atoms with Gasteiger partial charge < -0.3 is 14.8 Å². The van der Waals surface area contributed by atoms with Gasteiger partial charge in [0.05, 0.1) is 0 Å². The van der Waals surface area contributed by atoms with Crippen LogP contribution in [0.5, 0.6) is 0 Å². The van der Waals surface area contributed by atoms with Crippen LogP contribution in [0.4, 0.5) is 0 Å². The Bertz CT molecular complexity index is 970. The second-order valence-electron chi connectivity index (χ2n) is 5.75. The maximum Gasteiger partial charge on any atom is 0.352 e. The lowest BCUT2D eigenvalue weighted by Gasteiger charge is -2.06. The number of carbonyl (C=O) groups is 2. The Balaban J connectivity index is 1.83. The summed E-state index contributed by atoms with van der Waals surface area (Å²) in [5.41, 5.74) is 1.93. The lowest BCUT2D eigenvalue weighted by molar-refractivity contribution is -0.132. The fraction of sp³-hybridized carbons (Fsp3) is 0.0476. The molecule has 26 heavy (non-hydrogen) atoms. The molecule has 1 aromatic heterocycles. The third-order valence-electron chi connectivity index (χ3n) is 3.73. The standard InChI is InChI=1S/C21H17NO4/c1-14-6-5-9-16(12-14)20(23)22-18(21(24)25)13-17-10-11-19(26-17)15-7-3-2-4-8-15/h2-13H,1H3,(H,22,23)(H,24,25). The predicted octanol–water partition coefficient (Wildman–Crippen LogP) is 4.11. The summed E-state index contributed by atoms with van der Waals surface area (Å²) in [5, 5.41) is 11.8. The summed E-state index contributed by atoms with van der Waals surface area (Å²) in [5.74, 6) is -0.779. The third kappa shape index (κ3) is 4.08. The topological polar surface area (TPSA) is 79.5 Å². The molecule has 0 spiro atoms. The lowest BCUT2D eigenvalue weighted by Crippen LogP contribution is -2.27. The molecule has 5 nitrogen and oxygen atoms in total. The van der Waals surface area contributed by atoms with Crippen molar-refractivity contribution in [3.05, 3.63) is 89.3 Å². The average molecular weight is 347 g/mol. The first-order valence-corrected chi connectivity index (χ1v) is 8.01. The van der Waals surface area contributed by atoms with Gasteiger partial charge in [0.2, 0.25) is 0 Å². The molecule has 0 unspecified atom stereocenters. The smallest absolute Gasteiger partial charge is 0.352 e. The number of carboxylic acid groups (broad SMARTS) is 1. The van der Waals surface area contributed by atoms with Gasteiger partial charge in [-0.2, -0.15) is 0 Å². The Morgan fingerprint density at radius 2 is 1.77 bits per heavy atom. The lowest BCUT2D eigenvalue weighted by atomic mass is 10.1. The Morgan fingerprint density at radius 1 is 1.00 bits per heavy atom. The zero-order chi connectivity index (χ0) is 18.5. The molecule has 1 amide bonds. The van der Waals surface area contributed by atoms with E-state index in [1.54, 1.807) is 30.3 Å². The molecule has 130 valence electrons. The molecule has 0 fully saturated rings. The molecule has 0 aliphatic rings. The first kappa shape index (κ1) is 17.2. The van der Waals surface area contributed by atoms with Crippen LogP contribution in [0, 0.1) is 6.92 Å². The molecule has 0 saturated carbocycles. The molecule has 5 heteroatoms. The van der Waals surface area contributed by atoms with E-state index in [4.69, 9.17) is 4.42 Å². The van der Waals surface area contributed by atoms with Gasteiger partial charge in [0.15, 0.2) is 0 Å². The van der Waals surface area contributed by atoms with Gasteiger partial charge in [-0.25, -0.2) is 4.79 Å². The summed E-state index contributed by atoms with van der Waals surface area (Å²) in [6.07, 6.45) is 1.29. The number of furan rings is 1. The fourth-order valence-corrected chi connectivity index (χ4v) is 2.46. The van der Waals surface area contributed by atoms with Crippen LogP contribution in [0.25, 0.3) is 17.4 Å². The Kier molecular flexibility index (Phi) is 4.99. The van der Waals surface area contributed by atoms with Crippen molar-refractivity contribution in [2.24, 2.45) is 0 Å². The molecule has 0 saturated heterocycles. The summed E-state index contributed by atoms with van der Waals surface area (Å²) in [7, 11) is 0. The van der Waals surface area contributed by atoms with E-state index in [2.05, 4.69) is 5.32 Å². The predicted molar refractivity (Wildman–Crippen MR) is 98.4 cm³/mol. The Morgan fingerprint density at radius 3 is 2.46 bits per heavy atom. The zero-order valence-corrected chi connectivity index (χ0v) is 14.1. The molecule has 0 bridgehead atoms.